The number of carbonyl (C=O) groups excluding carboxylic acids is 2. The molecule has 0 unspecified atom stereocenters. The normalized spacial score (nSPS) is 14.2. The van der Waals surface area contributed by atoms with Gasteiger partial charge in [-0.2, -0.15) is 0 Å². The number of nitrogens with zero attached hydrogens (tertiary/aromatic N) is 2. The predicted molar refractivity (Wildman–Crippen MR) is 93.8 cm³/mol. The maximum Gasteiger partial charge on any atom is 0.254 e. The second-order valence-corrected chi connectivity index (χ2v) is 6.02. The number of piperazine rings is 1. The molecule has 0 aromatic heterocycles. The highest BCUT2D eigenvalue weighted by molar-refractivity contribution is 5.94. The van der Waals surface area contributed by atoms with Crippen LogP contribution in [0.2, 0.25) is 0 Å². The van der Waals surface area contributed by atoms with Crippen molar-refractivity contribution in [3.8, 4) is 0 Å². The Labute approximate surface area is 150 Å². The second-order valence-electron chi connectivity index (χ2n) is 6.02. The van der Waals surface area contributed by atoms with E-state index in [1.165, 1.54) is 6.07 Å². The Morgan fingerprint density at radius 3 is 2.19 bits per heavy atom. The number of benzene rings is 2. The van der Waals surface area contributed by atoms with E-state index < -0.39 is 11.6 Å². The summed E-state index contributed by atoms with van der Waals surface area (Å²) in [6.45, 7) is 1.71. The maximum atomic E-state index is 13.3. The lowest BCUT2D eigenvalue weighted by Crippen LogP contribution is -2.51. The highest BCUT2D eigenvalue weighted by atomic mass is 19.2. The van der Waals surface area contributed by atoms with Gasteiger partial charge in [-0.1, -0.05) is 18.2 Å². The molecule has 1 heterocycles. The van der Waals surface area contributed by atoms with E-state index in [1.54, 1.807) is 9.80 Å². The van der Waals surface area contributed by atoms with Crippen molar-refractivity contribution in [2.24, 2.45) is 0 Å². The van der Waals surface area contributed by atoms with E-state index in [0.717, 1.165) is 17.8 Å². The Bertz CT molecular complexity index is 791. The number of hydrogen-bond donors (Lipinski definition) is 1. The summed E-state index contributed by atoms with van der Waals surface area (Å²) in [7, 11) is 0. The first-order valence-electron chi connectivity index (χ1n) is 8.35. The van der Waals surface area contributed by atoms with E-state index in [4.69, 9.17) is 0 Å². The lowest BCUT2D eigenvalue weighted by Gasteiger charge is -2.35. The molecule has 3 rings (SSSR count). The van der Waals surface area contributed by atoms with Gasteiger partial charge in [-0.3, -0.25) is 9.59 Å². The van der Waals surface area contributed by atoms with Gasteiger partial charge in [0.05, 0.1) is 6.54 Å². The molecule has 0 bridgehead atoms. The average Bonchev–Trinajstić information content (AvgIpc) is 2.68. The van der Waals surface area contributed by atoms with E-state index in [2.05, 4.69) is 5.32 Å². The van der Waals surface area contributed by atoms with Gasteiger partial charge in [0.25, 0.3) is 5.91 Å². The standard InChI is InChI=1S/C19H19F2N3O2/c20-16-7-6-14(12-17(16)21)19(26)24-10-8-23(9-11-24)18(25)13-22-15-4-2-1-3-5-15/h1-7,12,22H,8-11,13H2. The van der Waals surface area contributed by atoms with Crippen molar-refractivity contribution in [2.75, 3.05) is 38.0 Å². The van der Waals surface area contributed by atoms with Crippen molar-refractivity contribution >= 4 is 17.5 Å². The zero-order chi connectivity index (χ0) is 18.5. The van der Waals surface area contributed by atoms with Crippen LogP contribution in [-0.4, -0.2) is 54.3 Å². The van der Waals surface area contributed by atoms with Crippen molar-refractivity contribution in [3.63, 3.8) is 0 Å². The second kappa shape index (κ2) is 7.95. The van der Waals surface area contributed by atoms with Crippen LogP contribution >= 0.6 is 0 Å². The van der Waals surface area contributed by atoms with Crippen LogP contribution < -0.4 is 5.32 Å². The summed E-state index contributed by atoms with van der Waals surface area (Å²) in [4.78, 5) is 27.9. The van der Waals surface area contributed by atoms with Crippen LogP contribution in [0.1, 0.15) is 10.4 Å². The van der Waals surface area contributed by atoms with Crippen LogP contribution in [0.15, 0.2) is 48.5 Å². The molecule has 1 fully saturated rings. The smallest absolute Gasteiger partial charge is 0.254 e. The third-order valence-corrected chi connectivity index (χ3v) is 4.30. The van der Waals surface area contributed by atoms with Gasteiger partial charge < -0.3 is 15.1 Å². The third kappa shape index (κ3) is 4.17. The molecule has 2 amide bonds. The summed E-state index contributed by atoms with van der Waals surface area (Å²) in [5.74, 6) is -2.44. The largest absolute Gasteiger partial charge is 0.376 e. The van der Waals surface area contributed by atoms with Crippen molar-refractivity contribution in [1.82, 2.24) is 9.80 Å². The summed E-state index contributed by atoms with van der Waals surface area (Å²) < 4.78 is 26.3. The molecule has 136 valence electrons. The molecule has 1 aliphatic rings. The number of amides is 2. The van der Waals surface area contributed by atoms with Crippen LogP contribution in [-0.2, 0) is 4.79 Å². The number of anilines is 1. The molecule has 2 aromatic rings. The molecule has 0 radical (unpaired) electrons. The molecule has 1 aliphatic heterocycles. The Balaban J connectivity index is 1.51. The molecule has 1 N–H and O–H groups in total. The fourth-order valence-corrected chi connectivity index (χ4v) is 2.82. The topological polar surface area (TPSA) is 52.7 Å². The first-order valence-corrected chi connectivity index (χ1v) is 8.35. The molecular formula is C19H19F2N3O2. The lowest BCUT2D eigenvalue weighted by atomic mass is 10.1. The van der Waals surface area contributed by atoms with Crippen molar-refractivity contribution < 1.29 is 18.4 Å². The van der Waals surface area contributed by atoms with Crippen molar-refractivity contribution in [1.29, 1.82) is 0 Å². The van der Waals surface area contributed by atoms with Gasteiger partial charge in [-0.15, -0.1) is 0 Å². The van der Waals surface area contributed by atoms with E-state index >= 15 is 0 Å². The number of nitrogens with one attached hydrogen (secondary N) is 1. The van der Waals surface area contributed by atoms with Crippen LogP contribution in [0.3, 0.4) is 0 Å². The lowest BCUT2D eigenvalue weighted by molar-refractivity contribution is -0.130. The van der Waals surface area contributed by atoms with E-state index in [0.29, 0.717) is 26.2 Å². The molecule has 7 heteroatoms. The Morgan fingerprint density at radius 1 is 0.885 bits per heavy atom. The summed E-state index contributed by atoms with van der Waals surface area (Å²) in [5, 5.41) is 3.06. The Morgan fingerprint density at radius 2 is 1.54 bits per heavy atom. The van der Waals surface area contributed by atoms with Gasteiger partial charge in [-0.25, -0.2) is 8.78 Å². The minimum Gasteiger partial charge on any atom is -0.376 e. The van der Waals surface area contributed by atoms with E-state index in [1.807, 2.05) is 30.3 Å². The molecular weight excluding hydrogens is 340 g/mol. The quantitative estimate of drug-likeness (QED) is 0.912. The van der Waals surface area contributed by atoms with Gasteiger partial charge in [-0.05, 0) is 30.3 Å². The number of halogens is 2. The molecule has 0 atom stereocenters. The number of hydrogen-bond acceptors (Lipinski definition) is 3. The summed E-state index contributed by atoms with van der Waals surface area (Å²) in [6.07, 6.45) is 0. The summed E-state index contributed by atoms with van der Waals surface area (Å²) in [5.41, 5.74) is 0.974. The first-order chi connectivity index (χ1) is 12.5. The molecule has 0 saturated carbocycles. The van der Waals surface area contributed by atoms with Gasteiger partial charge >= 0.3 is 0 Å². The summed E-state index contributed by atoms with van der Waals surface area (Å²) in [6, 6.07) is 12.5. The van der Waals surface area contributed by atoms with Crippen LogP contribution in [0, 0.1) is 11.6 Å². The van der Waals surface area contributed by atoms with Gasteiger partial charge in [0.15, 0.2) is 11.6 Å². The molecule has 1 saturated heterocycles. The third-order valence-electron chi connectivity index (χ3n) is 4.30. The fraction of sp³-hybridized carbons (Fsp3) is 0.263. The Hall–Kier alpha value is -2.96. The van der Waals surface area contributed by atoms with Gasteiger partial charge in [0.2, 0.25) is 5.91 Å². The minimum absolute atomic E-state index is 0.0474. The van der Waals surface area contributed by atoms with Crippen molar-refractivity contribution in [3.05, 3.63) is 65.7 Å². The molecule has 5 nitrogen and oxygen atoms in total. The molecule has 2 aromatic carbocycles. The SMILES string of the molecule is O=C(CNc1ccccc1)N1CCN(C(=O)c2ccc(F)c(F)c2)CC1. The van der Waals surface area contributed by atoms with Gasteiger partial charge in [0, 0.05) is 37.4 Å². The zero-order valence-electron chi connectivity index (χ0n) is 14.1. The highest BCUT2D eigenvalue weighted by Gasteiger charge is 2.25. The highest BCUT2D eigenvalue weighted by Crippen LogP contribution is 2.13. The molecule has 26 heavy (non-hydrogen) atoms. The summed E-state index contributed by atoms with van der Waals surface area (Å²) >= 11 is 0. The first kappa shape index (κ1) is 17.8. The van der Waals surface area contributed by atoms with Crippen LogP contribution in [0.25, 0.3) is 0 Å². The van der Waals surface area contributed by atoms with E-state index in [9.17, 15) is 18.4 Å². The monoisotopic (exact) mass is 359 g/mol. The van der Waals surface area contributed by atoms with Crippen LogP contribution in [0.4, 0.5) is 14.5 Å². The number of rotatable bonds is 4. The molecule has 0 aliphatic carbocycles. The maximum absolute atomic E-state index is 13.3. The van der Waals surface area contributed by atoms with E-state index in [-0.39, 0.29) is 23.9 Å². The van der Waals surface area contributed by atoms with Crippen molar-refractivity contribution in [2.45, 2.75) is 0 Å². The number of para-hydroxylation sites is 1. The van der Waals surface area contributed by atoms with Crippen LogP contribution in [0.5, 0.6) is 0 Å². The minimum atomic E-state index is -1.04. The van der Waals surface area contributed by atoms with Gasteiger partial charge in [0.1, 0.15) is 0 Å². The average molecular weight is 359 g/mol. The number of carbonyl (C=O) groups is 2. The molecule has 0 spiro atoms. The predicted octanol–water partition coefficient (Wildman–Crippen LogP) is 2.36. The zero-order valence-corrected chi connectivity index (χ0v) is 14.1. The fourth-order valence-electron chi connectivity index (χ4n) is 2.82. The Kier molecular flexibility index (Phi) is 5.46.